The van der Waals surface area contributed by atoms with Crippen molar-refractivity contribution < 1.29 is 4.79 Å². The van der Waals surface area contributed by atoms with Gasteiger partial charge in [0.1, 0.15) is 5.88 Å². The van der Waals surface area contributed by atoms with Gasteiger partial charge in [0.05, 0.1) is 11.7 Å². The van der Waals surface area contributed by atoms with Crippen LogP contribution in [0.2, 0.25) is 0 Å². The molecule has 1 amide bonds. The molecule has 0 N–H and O–H groups in total. The summed E-state index contributed by atoms with van der Waals surface area (Å²) in [6.07, 6.45) is 1.77. The number of benzene rings is 2. The van der Waals surface area contributed by atoms with Gasteiger partial charge in [-0.15, -0.1) is 11.6 Å². The molecule has 0 aromatic heterocycles. The zero-order valence-electron chi connectivity index (χ0n) is 15.0. The number of para-hydroxylation sites is 1. The van der Waals surface area contributed by atoms with Gasteiger partial charge in [0.2, 0.25) is 5.91 Å². The molecule has 2 aromatic carbocycles. The van der Waals surface area contributed by atoms with Crippen molar-refractivity contribution in [3.05, 3.63) is 64.7 Å². The van der Waals surface area contributed by atoms with E-state index in [9.17, 15) is 4.79 Å². The van der Waals surface area contributed by atoms with Crippen LogP contribution in [0.1, 0.15) is 49.1 Å². The first-order valence-electron chi connectivity index (χ1n) is 8.58. The van der Waals surface area contributed by atoms with Crippen molar-refractivity contribution in [3.63, 3.8) is 0 Å². The quantitative estimate of drug-likeness (QED) is 0.638. The van der Waals surface area contributed by atoms with Crippen LogP contribution in [-0.2, 0) is 17.6 Å². The Hall–Kier alpha value is -1.80. The molecule has 2 rings (SSSR count). The first-order chi connectivity index (χ1) is 11.5. The highest BCUT2D eigenvalue weighted by atomic mass is 35.5. The molecular weight excluding hydrogens is 318 g/mol. The summed E-state index contributed by atoms with van der Waals surface area (Å²) in [4.78, 5) is 14.6. The van der Waals surface area contributed by atoms with Crippen LogP contribution in [0.3, 0.4) is 0 Å². The molecule has 2 nitrogen and oxygen atoms in total. The van der Waals surface area contributed by atoms with Crippen LogP contribution in [0.5, 0.6) is 0 Å². The van der Waals surface area contributed by atoms with E-state index < -0.39 is 0 Å². The Balaban J connectivity index is 2.60. The van der Waals surface area contributed by atoms with Crippen molar-refractivity contribution in [2.45, 2.75) is 46.6 Å². The van der Waals surface area contributed by atoms with Gasteiger partial charge in [-0.3, -0.25) is 4.79 Å². The maximum atomic E-state index is 12.7. The van der Waals surface area contributed by atoms with E-state index in [4.69, 9.17) is 11.6 Å². The van der Waals surface area contributed by atoms with Crippen molar-refractivity contribution in [3.8, 4) is 0 Å². The lowest BCUT2D eigenvalue weighted by Gasteiger charge is -2.33. The van der Waals surface area contributed by atoms with Gasteiger partial charge in [-0.25, -0.2) is 0 Å². The second-order valence-corrected chi connectivity index (χ2v) is 6.39. The Morgan fingerprint density at radius 3 is 2.17 bits per heavy atom. The van der Waals surface area contributed by atoms with Crippen LogP contribution in [0.15, 0.2) is 42.5 Å². The number of aryl methyl sites for hydroxylation is 3. The first-order valence-corrected chi connectivity index (χ1v) is 9.12. The molecule has 0 bridgehead atoms. The van der Waals surface area contributed by atoms with Crippen molar-refractivity contribution >= 4 is 23.2 Å². The van der Waals surface area contributed by atoms with E-state index in [0.29, 0.717) is 0 Å². The predicted octanol–water partition coefficient (Wildman–Crippen LogP) is 5.45. The Morgan fingerprint density at radius 2 is 1.67 bits per heavy atom. The molecule has 0 heterocycles. The highest BCUT2D eigenvalue weighted by Gasteiger charge is 2.26. The zero-order valence-corrected chi connectivity index (χ0v) is 15.7. The third kappa shape index (κ3) is 3.81. The molecule has 128 valence electrons. The number of amides is 1. The van der Waals surface area contributed by atoms with Crippen molar-refractivity contribution in [1.82, 2.24) is 0 Å². The molecular formula is C21H26ClNO. The number of rotatable bonds is 6. The summed E-state index contributed by atoms with van der Waals surface area (Å²) in [5.74, 6) is -0.0709. The van der Waals surface area contributed by atoms with E-state index in [0.717, 1.165) is 24.1 Å². The van der Waals surface area contributed by atoms with Gasteiger partial charge < -0.3 is 4.90 Å². The Labute approximate surface area is 150 Å². The third-order valence-electron chi connectivity index (χ3n) is 4.50. The average Bonchev–Trinajstić information content (AvgIpc) is 2.61. The lowest BCUT2D eigenvalue weighted by Crippen LogP contribution is -2.36. The standard InChI is InChI=1S/C21H26ClNO/c1-5-17-10-8-11-18(6-2)21(17)23(20(24)14-22)16(4)19-12-7-9-15(3)13-19/h7-13,16H,5-6,14H2,1-4H3. The summed E-state index contributed by atoms with van der Waals surface area (Å²) in [6.45, 7) is 8.39. The third-order valence-corrected chi connectivity index (χ3v) is 4.73. The highest BCUT2D eigenvalue weighted by Crippen LogP contribution is 2.34. The van der Waals surface area contributed by atoms with E-state index in [1.54, 1.807) is 0 Å². The van der Waals surface area contributed by atoms with Gasteiger partial charge in [0.15, 0.2) is 0 Å². The van der Waals surface area contributed by atoms with E-state index in [1.165, 1.54) is 16.7 Å². The van der Waals surface area contributed by atoms with E-state index in [2.05, 4.69) is 64.1 Å². The summed E-state index contributed by atoms with van der Waals surface area (Å²) in [7, 11) is 0. The van der Waals surface area contributed by atoms with Gasteiger partial charge in [-0.05, 0) is 43.4 Å². The molecule has 0 aliphatic heterocycles. The number of carbonyl (C=O) groups excluding carboxylic acids is 1. The number of carbonyl (C=O) groups is 1. The maximum Gasteiger partial charge on any atom is 0.242 e. The summed E-state index contributed by atoms with van der Waals surface area (Å²) >= 11 is 5.96. The molecule has 0 saturated heterocycles. The van der Waals surface area contributed by atoms with E-state index in [1.807, 2.05) is 11.0 Å². The minimum absolute atomic E-state index is 0.0165. The Morgan fingerprint density at radius 1 is 1.08 bits per heavy atom. The predicted molar refractivity (Wildman–Crippen MR) is 103 cm³/mol. The van der Waals surface area contributed by atoms with Gasteiger partial charge in [0.25, 0.3) is 0 Å². The monoisotopic (exact) mass is 343 g/mol. The second kappa shape index (κ2) is 8.34. The fourth-order valence-corrected chi connectivity index (χ4v) is 3.33. The maximum absolute atomic E-state index is 12.7. The smallest absolute Gasteiger partial charge is 0.242 e. The minimum atomic E-state index is -0.0610. The van der Waals surface area contributed by atoms with Crippen molar-refractivity contribution in [2.24, 2.45) is 0 Å². The summed E-state index contributed by atoms with van der Waals surface area (Å²) in [6, 6.07) is 14.5. The zero-order chi connectivity index (χ0) is 17.7. The molecule has 1 unspecified atom stereocenters. The van der Waals surface area contributed by atoms with E-state index >= 15 is 0 Å². The van der Waals surface area contributed by atoms with Crippen molar-refractivity contribution in [2.75, 3.05) is 10.8 Å². The summed E-state index contributed by atoms with van der Waals surface area (Å²) < 4.78 is 0. The normalized spacial score (nSPS) is 12.0. The van der Waals surface area contributed by atoms with Crippen LogP contribution in [0, 0.1) is 6.92 Å². The largest absolute Gasteiger partial charge is 0.304 e. The Bertz CT molecular complexity index is 688. The fourth-order valence-electron chi connectivity index (χ4n) is 3.20. The molecule has 0 aliphatic carbocycles. The molecule has 24 heavy (non-hydrogen) atoms. The number of nitrogens with zero attached hydrogens (tertiary/aromatic N) is 1. The number of anilines is 1. The molecule has 2 aromatic rings. The lowest BCUT2D eigenvalue weighted by atomic mass is 9.98. The van der Waals surface area contributed by atoms with Crippen LogP contribution < -0.4 is 4.90 Å². The fraction of sp³-hybridized carbons (Fsp3) is 0.381. The summed E-state index contributed by atoms with van der Waals surface area (Å²) in [5.41, 5.74) is 5.72. The van der Waals surface area contributed by atoms with E-state index in [-0.39, 0.29) is 17.8 Å². The van der Waals surface area contributed by atoms with Crippen molar-refractivity contribution in [1.29, 1.82) is 0 Å². The van der Waals surface area contributed by atoms with Gasteiger partial charge in [0, 0.05) is 0 Å². The summed E-state index contributed by atoms with van der Waals surface area (Å²) in [5, 5.41) is 0. The van der Waals surface area contributed by atoms with Crippen LogP contribution in [0.25, 0.3) is 0 Å². The molecule has 0 radical (unpaired) electrons. The SMILES string of the molecule is CCc1cccc(CC)c1N(C(=O)CCl)C(C)c1cccc(C)c1. The topological polar surface area (TPSA) is 20.3 Å². The molecule has 1 atom stereocenters. The van der Waals surface area contributed by atoms with Gasteiger partial charge in [-0.1, -0.05) is 61.9 Å². The molecule has 0 aliphatic rings. The minimum Gasteiger partial charge on any atom is -0.304 e. The number of alkyl halides is 1. The second-order valence-electron chi connectivity index (χ2n) is 6.12. The number of hydrogen-bond donors (Lipinski definition) is 0. The van der Waals surface area contributed by atoms with Gasteiger partial charge >= 0.3 is 0 Å². The Kier molecular flexibility index (Phi) is 6.44. The van der Waals surface area contributed by atoms with Gasteiger partial charge in [-0.2, -0.15) is 0 Å². The molecule has 0 spiro atoms. The number of halogens is 1. The average molecular weight is 344 g/mol. The van der Waals surface area contributed by atoms with Crippen LogP contribution >= 0.6 is 11.6 Å². The highest BCUT2D eigenvalue weighted by molar-refractivity contribution is 6.29. The molecule has 3 heteroatoms. The van der Waals surface area contributed by atoms with Crippen LogP contribution in [-0.4, -0.2) is 11.8 Å². The lowest BCUT2D eigenvalue weighted by molar-refractivity contribution is -0.116. The molecule has 0 saturated carbocycles. The van der Waals surface area contributed by atoms with Crippen LogP contribution in [0.4, 0.5) is 5.69 Å². The number of hydrogen-bond acceptors (Lipinski definition) is 1. The first kappa shape index (κ1) is 18.5. The molecule has 0 fully saturated rings.